The molecule has 2 rings (SSSR count). The summed E-state index contributed by atoms with van der Waals surface area (Å²) in [5.74, 6) is 1.07. The van der Waals surface area contributed by atoms with Crippen molar-refractivity contribution in [3.05, 3.63) is 26.8 Å². The molecule has 90 valence electrons. The van der Waals surface area contributed by atoms with Gasteiger partial charge in [-0.25, -0.2) is 9.97 Å². The topological polar surface area (TPSA) is 96.7 Å². The number of thiazole rings is 1. The summed E-state index contributed by atoms with van der Waals surface area (Å²) in [6, 6.07) is 1.66. The molecular formula is C9H11N5OS2. The van der Waals surface area contributed by atoms with Gasteiger partial charge in [-0.3, -0.25) is 4.79 Å². The van der Waals surface area contributed by atoms with Crippen LogP contribution in [0.3, 0.4) is 0 Å². The lowest BCUT2D eigenvalue weighted by atomic mass is 10.4. The highest BCUT2D eigenvalue weighted by atomic mass is 32.2. The Morgan fingerprint density at radius 1 is 1.59 bits per heavy atom. The van der Waals surface area contributed by atoms with Crippen LogP contribution in [0.15, 0.2) is 21.4 Å². The van der Waals surface area contributed by atoms with Gasteiger partial charge in [0.2, 0.25) is 0 Å². The van der Waals surface area contributed by atoms with E-state index in [1.54, 1.807) is 11.4 Å². The van der Waals surface area contributed by atoms with Crippen molar-refractivity contribution >= 4 is 34.7 Å². The minimum atomic E-state index is -0.0613. The smallest absolute Gasteiger partial charge is 0.304 e. The van der Waals surface area contributed by atoms with Crippen LogP contribution in [0.4, 0.5) is 11.6 Å². The summed E-state index contributed by atoms with van der Waals surface area (Å²) in [6.07, 6.45) is 1.88. The lowest BCUT2D eigenvalue weighted by Crippen LogP contribution is -2.06. The third kappa shape index (κ3) is 3.21. The van der Waals surface area contributed by atoms with Crippen LogP contribution in [0.2, 0.25) is 0 Å². The fourth-order valence-electron chi connectivity index (χ4n) is 1.21. The van der Waals surface area contributed by atoms with Crippen molar-refractivity contribution < 1.29 is 0 Å². The molecule has 0 bridgehead atoms. The summed E-state index contributed by atoms with van der Waals surface area (Å²) < 4.78 is 0. The van der Waals surface area contributed by atoms with E-state index >= 15 is 0 Å². The molecule has 0 saturated carbocycles. The Morgan fingerprint density at radius 3 is 3.06 bits per heavy atom. The van der Waals surface area contributed by atoms with Gasteiger partial charge in [-0.2, -0.15) is 0 Å². The van der Waals surface area contributed by atoms with Gasteiger partial charge in [0.15, 0.2) is 5.16 Å². The van der Waals surface area contributed by atoms with Crippen molar-refractivity contribution in [2.24, 2.45) is 0 Å². The second-order valence-electron chi connectivity index (χ2n) is 3.19. The molecule has 0 aliphatic carbocycles. The Morgan fingerprint density at radius 2 is 2.41 bits per heavy atom. The summed E-state index contributed by atoms with van der Waals surface area (Å²) in [6.45, 7) is 0.503. The van der Waals surface area contributed by atoms with E-state index in [2.05, 4.69) is 20.3 Å². The van der Waals surface area contributed by atoms with E-state index in [9.17, 15) is 4.79 Å². The monoisotopic (exact) mass is 269 g/mol. The predicted octanol–water partition coefficient (Wildman–Crippen LogP) is 1.14. The first kappa shape index (κ1) is 11.9. The van der Waals surface area contributed by atoms with Gasteiger partial charge >= 0.3 is 4.87 Å². The Hall–Kier alpha value is -1.54. The zero-order valence-electron chi connectivity index (χ0n) is 9.06. The summed E-state index contributed by atoms with van der Waals surface area (Å²) in [5.41, 5.74) is 6.47. The maximum atomic E-state index is 10.9. The van der Waals surface area contributed by atoms with Crippen LogP contribution < -0.4 is 15.9 Å². The molecule has 17 heavy (non-hydrogen) atoms. The lowest BCUT2D eigenvalue weighted by Gasteiger charge is -2.05. The normalized spacial score (nSPS) is 10.4. The quantitative estimate of drug-likeness (QED) is 0.569. The Kier molecular flexibility index (Phi) is 3.64. The second-order valence-corrected chi connectivity index (χ2v) is 4.81. The average Bonchev–Trinajstić information content (AvgIpc) is 2.72. The molecule has 0 aliphatic rings. The lowest BCUT2D eigenvalue weighted by molar-refractivity contribution is 0.954. The number of anilines is 2. The molecular weight excluding hydrogens is 258 g/mol. The molecule has 6 nitrogen and oxygen atoms in total. The molecule has 0 saturated heterocycles. The Balaban J connectivity index is 2.08. The summed E-state index contributed by atoms with van der Waals surface area (Å²) >= 11 is 2.56. The SMILES string of the molecule is CSc1nc(N)cc(NCc2csc(=O)[nH]2)n1. The van der Waals surface area contributed by atoms with Crippen LogP contribution in [0.5, 0.6) is 0 Å². The maximum absolute atomic E-state index is 10.9. The number of nitrogens with zero attached hydrogens (tertiary/aromatic N) is 2. The third-order valence-corrected chi connectivity index (χ3v) is 3.21. The van der Waals surface area contributed by atoms with E-state index in [4.69, 9.17) is 5.73 Å². The molecule has 0 aromatic carbocycles. The highest BCUT2D eigenvalue weighted by Gasteiger charge is 2.02. The van der Waals surface area contributed by atoms with Gasteiger partial charge < -0.3 is 16.0 Å². The van der Waals surface area contributed by atoms with Gasteiger partial charge in [0.1, 0.15) is 11.6 Å². The van der Waals surface area contributed by atoms with Crippen LogP contribution in [-0.2, 0) is 6.54 Å². The van der Waals surface area contributed by atoms with Crippen LogP contribution in [0.25, 0.3) is 0 Å². The first-order chi connectivity index (χ1) is 8.17. The number of rotatable bonds is 4. The van der Waals surface area contributed by atoms with Crippen molar-refractivity contribution in [2.45, 2.75) is 11.7 Å². The molecule has 0 amide bonds. The average molecular weight is 269 g/mol. The van der Waals surface area contributed by atoms with E-state index in [1.165, 1.54) is 11.8 Å². The fraction of sp³-hybridized carbons (Fsp3) is 0.222. The van der Waals surface area contributed by atoms with Crippen LogP contribution in [-0.4, -0.2) is 21.2 Å². The molecule has 0 fully saturated rings. The summed E-state index contributed by atoms with van der Waals surface area (Å²) in [7, 11) is 0. The second kappa shape index (κ2) is 5.19. The van der Waals surface area contributed by atoms with Gasteiger partial charge in [0, 0.05) is 17.1 Å². The fourth-order valence-corrected chi connectivity index (χ4v) is 2.18. The van der Waals surface area contributed by atoms with E-state index in [0.29, 0.717) is 23.3 Å². The van der Waals surface area contributed by atoms with Gasteiger partial charge in [-0.05, 0) is 6.26 Å². The molecule has 0 unspecified atom stereocenters. The first-order valence-corrected chi connectivity index (χ1v) is 6.87. The number of nitrogens with two attached hydrogens (primary N) is 1. The van der Waals surface area contributed by atoms with Crippen molar-refractivity contribution in [1.82, 2.24) is 15.0 Å². The number of H-pyrrole nitrogens is 1. The number of aromatic nitrogens is 3. The van der Waals surface area contributed by atoms with Crippen LogP contribution in [0, 0.1) is 0 Å². The molecule has 0 atom stereocenters. The van der Waals surface area contributed by atoms with Gasteiger partial charge in [-0.15, -0.1) is 0 Å². The van der Waals surface area contributed by atoms with E-state index in [1.807, 2.05) is 6.26 Å². The summed E-state index contributed by atoms with van der Waals surface area (Å²) in [5, 5.41) is 5.47. The van der Waals surface area contributed by atoms with E-state index in [0.717, 1.165) is 17.0 Å². The third-order valence-electron chi connectivity index (χ3n) is 1.94. The Bertz CT molecular complexity index is 565. The highest BCUT2D eigenvalue weighted by molar-refractivity contribution is 7.98. The minimum absolute atomic E-state index is 0.0613. The van der Waals surface area contributed by atoms with Gasteiger partial charge in [-0.1, -0.05) is 23.1 Å². The number of thioether (sulfide) groups is 1. The van der Waals surface area contributed by atoms with Crippen molar-refractivity contribution in [1.29, 1.82) is 0 Å². The largest absolute Gasteiger partial charge is 0.383 e. The standard InChI is InChI=1S/C9H11N5OS2/c1-16-8-13-6(10)2-7(14-8)11-3-5-4-17-9(15)12-5/h2,4H,3H2,1H3,(H,12,15)(H3,10,11,13,14). The molecule has 0 radical (unpaired) electrons. The van der Waals surface area contributed by atoms with Crippen LogP contribution in [0.1, 0.15) is 5.69 Å². The highest BCUT2D eigenvalue weighted by Crippen LogP contribution is 2.15. The van der Waals surface area contributed by atoms with E-state index in [-0.39, 0.29) is 4.87 Å². The predicted molar refractivity (Wildman–Crippen MR) is 70.5 cm³/mol. The zero-order chi connectivity index (χ0) is 12.3. The van der Waals surface area contributed by atoms with Crippen LogP contribution >= 0.6 is 23.1 Å². The molecule has 0 aliphatic heterocycles. The number of nitrogen functional groups attached to an aromatic ring is 1. The minimum Gasteiger partial charge on any atom is -0.383 e. The molecule has 4 N–H and O–H groups in total. The van der Waals surface area contributed by atoms with Crippen molar-refractivity contribution in [3.63, 3.8) is 0 Å². The van der Waals surface area contributed by atoms with Crippen molar-refractivity contribution in [2.75, 3.05) is 17.3 Å². The van der Waals surface area contributed by atoms with E-state index < -0.39 is 0 Å². The molecule has 2 aromatic heterocycles. The molecule has 8 heteroatoms. The van der Waals surface area contributed by atoms with Gasteiger partial charge in [0.25, 0.3) is 0 Å². The molecule has 0 spiro atoms. The van der Waals surface area contributed by atoms with Crippen molar-refractivity contribution in [3.8, 4) is 0 Å². The molecule has 2 aromatic rings. The number of nitrogens with one attached hydrogen (secondary N) is 2. The number of aromatic amines is 1. The summed E-state index contributed by atoms with van der Waals surface area (Å²) in [4.78, 5) is 21.9. The first-order valence-electron chi connectivity index (χ1n) is 4.76. The number of hydrogen-bond donors (Lipinski definition) is 3. The zero-order valence-corrected chi connectivity index (χ0v) is 10.7. The van der Waals surface area contributed by atoms with Gasteiger partial charge in [0.05, 0.1) is 6.54 Å². The molecule has 2 heterocycles. The maximum Gasteiger partial charge on any atom is 0.304 e. The Labute approximate surface area is 106 Å². The number of hydrogen-bond acceptors (Lipinski definition) is 7.